The lowest BCUT2D eigenvalue weighted by Crippen LogP contribution is -2.38. The van der Waals surface area contributed by atoms with Crippen LogP contribution in [-0.4, -0.2) is 50.5 Å². The summed E-state index contributed by atoms with van der Waals surface area (Å²) in [6, 6.07) is 0. The van der Waals surface area contributed by atoms with E-state index in [1.54, 1.807) is 0 Å². The van der Waals surface area contributed by atoms with Gasteiger partial charge in [0.25, 0.3) is 0 Å². The molecule has 2 unspecified atom stereocenters. The van der Waals surface area contributed by atoms with Crippen LogP contribution in [0.15, 0.2) is 0 Å². The fraction of sp³-hybridized carbons (Fsp3) is 0.857. The Labute approximate surface area is 117 Å². The summed E-state index contributed by atoms with van der Waals surface area (Å²) in [4.78, 5) is 23.0. The third-order valence-corrected chi connectivity index (χ3v) is 3.29. The molecule has 0 aliphatic rings. The molecule has 0 fully saturated rings. The zero-order valence-electron chi connectivity index (χ0n) is 13.0. The summed E-state index contributed by atoms with van der Waals surface area (Å²) in [5.74, 6) is -0.665. The predicted octanol–water partition coefficient (Wildman–Crippen LogP) is 0.737. The van der Waals surface area contributed by atoms with Crippen molar-refractivity contribution in [2.45, 2.75) is 33.1 Å². The maximum absolute atomic E-state index is 11.9. The van der Waals surface area contributed by atoms with E-state index in [1.807, 2.05) is 13.8 Å². The minimum absolute atomic E-state index is 0.0149. The second-order valence-electron chi connectivity index (χ2n) is 6.30. The fourth-order valence-corrected chi connectivity index (χ4v) is 1.96. The molecule has 5 heteroatoms. The Bertz CT molecular complexity index is 298. The van der Waals surface area contributed by atoms with Gasteiger partial charge >= 0.3 is 0 Å². The van der Waals surface area contributed by atoms with Crippen molar-refractivity contribution in [3.63, 3.8) is 0 Å². The van der Waals surface area contributed by atoms with Crippen molar-refractivity contribution in [2.75, 3.05) is 34.2 Å². The molecule has 0 bridgehead atoms. The first-order valence-electron chi connectivity index (χ1n) is 7.04. The van der Waals surface area contributed by atoms with Crippen molar-refractivity contribution < 1.29 is 14.1 Å². The van der Waals surface area contributed by atoms with E-state index < -0.39 is 0 Å². The van der Waals surface area contributed by atoms with Gasteiger partial charge in [-0.1, -0.05) is 13.8 Å². The second-order valence-corrected chi connectivity index (χ2v) is 6.30. The standard InChI is InChI=1S/C14H29N3O2/c1-6-12(13(15)18)10-11(2)14(19)16-8-7-9-17(3,4)5/h11-12H,6-10H2,1-5H3,(H2-,15,16,18,19)/p+1. The van der Waals surface area contributed by atoms with Crippen LogP contribution >= 0.6 is 0 Å². The number of rotatable bonds is 9. The molecule has 0 aromatic carbocycles. The summed E-state index contributed by atoms with van der Waals surface area (Å²) in [7, 11) is 6.38. The number of quaternary nitrogens is 1. The Hall–Kier alpha value is -1.10. The number of nitrogens with two attached hydrogens (primary N) is 1. The maximum atomic E-state index is 11.9. The van der Waals surface area contributed by atoms with Crippen LogP contribution in [0.1, 0.15) is 33.1 Å². The molecular weight excluding hydrogens is 242 g/mol. The first-order valence-corrected chi connectivity index (χ1v) is 7.04. The van der Waals surface area contributed by atoms with Crippen molar-refractivity contribution in [2.24, 2.45) is 17.6 Å². The monoisotopic (exact) mass is 272 g/mol. The molecule has 0 aromatic heterocycles. The number of carbonyl (C=O) groups excluding carboxylic acids is 2. The van der Waals surface area contributed by atoms with E-state index in [9.17, 15) is 9.59 Å². The quantitative estimate of drug-likeness (QED) is 0.480. The molecular formula is C14H30N3O2+. The highest BCUT2D eigenvalue weighted by Crippen LogP contribution is 2.15. The highest BCUT2D eigenvalue weighted by molar-refractivity contribution is 5.80. The molecule has 0 saturated heterocycles. The number of hydrogen-bond acceptors (Lipinski definition) is 2. The third-order valence-electron chi connectivity index (χ3n) is 3.29. The molecule has 0 spiro atoms. The fourth-order valence-electron chi connectivity index (χ4n) is 1.96. The van der Waals surface area contributed by atoms with E-state index in [4.69, 9.17) is 5.73 Å². The number of hydrogen-bond donors (Lipinski definition) is 2. The molecule has 0 radical (unpaired) electrons. The number of nitrogens with one attached hydrogen (secondary N) is 1. The van der Waals surface area contributed by atoms with Crippen molar-refractivity contribution >= 4 is 11.8 Å². The molecule has 0 aromatic rings. The molecule has 3 N–H and O–H groups in total. The molecule has 5 nitrogen and oxygen atoms in total. The van der Waals surface area contributed by atoms with E-state index in [-0.39, 0.29) is 23.7 Å². The van der Waals surface area contributed by atoms with Gasteiger partial charge in [0.1, 0.15) is 0 Å². The van der Waals surface area contributed by atoms with Gasteiger partial charge in [-0.25, -0.2) is 0 Å². The predicted molar refractivity (Wildman–Crippen MR) is 77.3 cm³/mol. The first-order chi connectivity index (χ1) is 8.67. The Kier molecular flexibility index (Phi) is 7.68. The number of carbonyl (C=O) groups is 2. The highest BCUT2D eigenvalue weighted by Gasteiger charge is 2.21. The third kappa shape index (κ3) is 8.59. The first kappa shape index (κ1) is 17.9. The van der Waals surface area contributed by atoms with Crippen LogP contribution in [0.3, 0.4) is 0 Å². The molecule has 0 rings (SSSR count). The summed E-state index contributed by atoms with van der Waals surface area (Å²) in [5, 5.41) is 2.92. The Morgan fingerprint density at radius 2 is 1.84 bits per heavy atom. The van der Waals surface area contributed by atoms with Crippen LogP contribution in [0.25, 0.3) is 0 Å². The minimum atomic E-state index is -0.313. The van der Waals surface area contributed by atoms with Crippen LogP contribution in [0.2, 0.25) is 0 Å². The molecule has 0 saturated carbocycles. The Balaban J connectivity index is 3.97. The zero-order valence-corrected chi connectivity index (χ0v) is 13.0. The molecule has 0 aliphatic carbocycles. The van der Waals surface area contributed by atoms with Gasteiger partial charge in [0.05, 0.1) is 27.7 Å². The van der Waals surface area contributed by atoms with Crippen molar-refractivity contribution in [1.29, 1.82) is 0 Å². The lowest BCUT2D eigenvalue weighted by atomic mass is 9.92. The van der Waals surface area contributed by atoms with Gasteiger partial charge in [0, 0.05) is 24.8 Å². The maximum Gasteiger partial charge on any atom is 0.222 e. The van der Waals surface area contributed by atoms with E-state index in [1.165, 1.54) is 0 Å². The van der Waals surface area contributed by atoms with Gasteiger partial charge in [-0.3, -0.25) is 9.59 Å². The van der Waals surface area contributed by atoms with E-state index in [2.05, 4.69) is 26.5 Å². The SMILES string of the molecule is CCC(CC(C)C(=O)NCCC[N+](C)(C)C)C(N)=O. The van der Waals surface area contributed by atoms with Crippen LogP contribution in [0.5, 0.6) is 0 Å². The molecule has 112 valence electrons. The van der Waals surface area contributed by atoms with Crippen LogP contribution < -0.4 is 11.1 Å². The summed E-state index contributed by atoms with van der Waals surface area (Å²) >= 11 is 0. The highest BCUT2D eigenvalue weighted by atomic mass is 16.2. The topological polar surface area (TPSA) is 72.2 Å². The number of nitrogens with zero attached hydrogens (tertiary/aromatic N) is 1. The largest absolute Gasteiger partial charge is 0.369 e. The van der Waals surface area contributed by atoms with Gasteiger partial charge in [-0.15, -0.1) is 0 Å². The van der Waals surface area contributed by atoms with E-state index in [0.717, 1.165) is 17.4 Å². The van der Waals surface area contributed by atoms with Crippen molar-refractivity contribution in [1.82, 2.24) is 5.32 Å². The Morgan fingerprint density at radius 1 is 1.26 bits per heavy atom. The Morgan fingerprint density at radius 3 is 2.26 bits per heavy atom. The minimum Gasteiger partial charge on any atom is -0.369 e. The van der Waals surface area contributed by atoms with Gasteiger partial charge in [0.2, 0.25) is 11.8 Å². The van der Waals surface area contributed by atoms with Gasteiger partial charge in [-0.2, -0.15) is 0 Å². The number of amides is 2. The lowest BCUT2D eigenvalue weighted by Gasteiger charge is -2.24. The normalized spacial score (nSPS) is 14.8. The smallest absolute Gasteiger partial charge is 0.222 e. The summed E-state index contributed by atoms with van der Waals surface area (Å²) in [5.41, 5.74) is 5.29. The van der Waals surface area contributed by atoms with Gasteiger partial charge < -0.3 is 15.5 Å². The van der Waals surface area contributed by atoms with Gasteiger partial charge in [0.15, 0.2) is 0 Å². The van der Waals surface area contributed by atoms with Crippen molar-refractivity contribution in [3.8, 4) is 0 Å². The average molecular weight is 272 g/mol. The molecule has 0 aliphatic heterocycles. The van der Waals surface area contributed by atoms with E-state index >= 15 is 0 Å². The molecule has 0 heterocycles. The number of primary amides is 1. The molecule has 19 heavy (non-hydrogen) atoms. The van der Waals surface area contributed by atoms with Gasteiger partial charge in [-0.05, 0) is 12.8 Å². The van der Waals surface area contributed by atoms with Crippen LogP contribution in [-0.2, 0) is 9.59 Å². The lowest BCUT2D eigenvalue weighted by molar-refractivity contribution is -0.870. The average Bonchev–Trinajstić information content (AvgIpc) is 2.29. The second kappa shape index (κ2) is 8.15. The van der Waals surface area contributed by atoms with Crippen LogP contribution in [0, 0.1) is 11.8 Å². The molecule has 2 atom stereocenters. The zero-order chi connectivity index (χ0) is 15.1. The van der Waals surface area contributed by atoms with E-state index in [0.29, 0.717) is 19.4 Å². The summed E-state index contributed by atoms with van der Waals surface area (Å²) in [6.07, 6.45) is 2.18. The summed E-state index contributed by atoms with van der Waals surface area (Å²) in [6.45, 7) is 5.47. The van der Waals surface area contributed by atoms with Crippen molar-refractivity contribution in [3.05, 3.63) is 0 Å². The molecule has 2 amide bonds. The van der Waals surface area contributed by atoms with Crippen LogP contribution in [0.4, 0.5) is 0 Å². The summed E-state index contributed by atoms with van der Waals surface area (Å²) < 4.78 is 0.894.